The second kappa shape index (κ2) is 5.24. The Kier molecular flexibility index (Phi) is 4.22. The molecule has 1 aromatic heterocycles. The van der Waals surface area contributed by atoms with Crippen LogP contribution >= 0.6 is 0 Å². The number of anilines is 1. The fourth-order valence-corrected chi connectivity index (χ4v) is 1.81. The van der Waals surface area contributed by atoms with Crippen LogP contribution < -0.4 is 10.5 Å². The van der Waals surface area contributed by atoms with Gasteiger partial charge < -0.3 is 10.2 Å². The largest absolute Gasteiger partial charge is 0.368 e. The fraction of sp³-hybridized carbons (Fsp3) is 0.444. The standard InChI is InChI=1S/C9H16N4O2S/c1-13(2)7-6-12-9-8(16(10,14)15)4-3-5-11-9/h3-5H,6-7H2,1-2H3,(H,11,12)(H2,10,14,15). The summed E-state index contributed by atoms with van der Waals surface area (Å²) < 4.78 is 22.5. The number of likely N-dealkylation sites (N-methyl/N-ethyl adjacent to an activating group) is 1. The SMILES string of the molecule is CN(C)CCNc1ncccc1S(N)(=O)=O. The molecule has 0 atom stereocenters. The summed E-state index contributed by atoms with van der Waals surface area (Å²) in [4.78, 5) is 5.95. The van der Waals surface area contributed by atoms with Gasteiger partial charge in [-0.15, -0.1) is 0 Å². The molecule has 0 aliphatic carbocycles. The number of hydrogen-bond acceptors (Lipinski definition) is 5. The van der Waals surface area contributed by atoms with Gasteiger partial charge in [-0.3, -0.25) is 0 Å². The highest BCUT2D eigenvalue weighted by Crippen LogP contribution is 2.15. The quantitative estimate of drug-likeness (QED) is 0.742. The highest BCUT2D eigenvalue weighted by molar-refractivity contribution is 7.89. The van der Waals surface area contributed by atoms with Crippen LogP contribution in [0, 0.1) is 0 Å². The van der Waals surface area contributed by atoms with Gasteiger partial charge in [0.25, 0.3) is 0 Å². The minimum atomic E-state index is -3.72. The van der Waals surface area contributed by atoms with Crippen LogP contribution in [0.4, 0.5) is 5.82 Å². The van der Waals surface area contributed by atoms with E-state index in [0.717, 1.165) is 6.54 Å². The predicted octanol–water partition coefficient (Wildman–Crippen LogP) is -0.297. The Morgan fingerprint density at radius 1 is 1.50 bits per heavy atom. The van der Waals surface area contributed by atoms with Gasteiger partial charge in [-0.2, -0.15) is 0 Å². The lowest BCUT2D eigenvalue weighted by Crippen LogP contribution is -2.23. The zero-order valence-corrected chi connectivity index (χ0v) is 10.2. The lowest BCUT2D eigenvalue weighted by Gasteiger charge is -2.12. The van der Waals surface area contributed by atoms with Gasteiger partial charge in [0.05, 0.1) is 0 Å². The van der Waals surface area contributed by atoms with Gasteiger partial charge in [0.1, 0.15) is 10.7 Å². The highest BCUT2D eigenvalue weighted by Gasteiger charge is 2.13. The molecule has 0 bridgehead atoms. The van der Waals surface area contributed by atoms with Crippen LogP contribution in [0.3, 0.4) is 0 Å². The van der Waals surface area contributed by atoms with Crippen molar-refractivity contribution in [3.05, 3.63) is 18.3 Å². The second-order valence-electron chi connectivity index (χ2n) is 3.63. The molecule has 0 aliphatic rings. The molecule has 0 spiro atoms. The van der Waals surface area contributed by atoms with E-state index >= 15 is 0 Å². The average molecular weight is 244 g/mol. The first kappa shape index (κ1) is 12.9. The van der Waals surface area contributed by atoms with E-state index in [1.807, 2.05) is 19.0 Å². The van der Waals surface area contributed by atoms with Crippen molar-refractivity contribution in [3.63, 3.8) is 0 Å². The molecule has 0 amide bonds. The summed E-state index contributed by atoms with van der Waals surface area (Å²) in [7, 11) is 0.140. The maximum absolute atomic E-state index is 11.2. The van der Waals surface area contributed by atoms with Crippen LogP contribution in [-0.4, -0.2) is 45.5 Å². The molecule has 3 N–H and O–H groups in total. The molecular formula is C9H16N4O2S. The number of nitrogens with one attached hydrogen (secondary N) is 1. The van der Waals surface area contributed by atoms with Gasteiger partial charge in [0.2, 0.25) is 10.0 Å². The molecule has 0 aliphatic heterocycles. The summed E-state index contributed by atoms with van der Waals surface area (Å²) in [5, 5.41) is 8.01. The maximum atomic E-state index is 11.2. The van der Waals surface area contributed by atoms with E-state index in [4.69, 9.17) is 5.14 Å². The van der Waals surface area contributed by atoms with E-state index in [-0.39, 0.29) is 4.90 Å². The summed E-state index contributed by atoms with van der Waals surface area (Å²) in [6.45, 7) is 1.38. The molecule has 1 aromatic rings. The first-order valence-electron chi connectivity index (χ1n) is 4.77. The zero-order valence-electron chi connectivity index (χ0n) is 9.34. The first-order chi connectivity index (χ1) is 7.41. The van der Waals surface area contributed by atoms with Gasteiger partial charge in [0.15, 0.2) is 0 Å². The van der Waals surface area contributed by atoms with Crippen LogP contribution in [0.15, 0.2) is 23.2 Å². The number of primary sulfonamides is 1. The van der Waals surface area contributed by atoms with E-state index in [0.29, 0.717) is 12.4 Å². The number of nitrogens with two attached hydrogens (primary N) is 1. The Hall–Kier alpha value is -1.18. The number of aromatic nitrogens is 1. The molecule has 0 aromatic carbocycles. The number of sulfonamides is 1. The van der Waals surface area contributed by atoms with Crippen LogP contribution in [0.25, 0.3) is 0 Å². The monoisotopic (exact) mass is 244 g/mol. The van der Waals surface area contributed by atoms with Crippen molar-refractivity contribution in [1.29, 1.82) is 0 Å². The Morgan fingerprint density at radius 2 is 2.19 bits per heavy atom. The van der Waals surface area contributed by atoms with Crippen molar-refractivity contribution in [3.8, 4) is 0 Å². The van der Waals surface area contributed by atoms with Crippen LogP contribution in [0.5, 0.6) is 0 Å². The van der Waals surface area contributed by atoms with E-state index in [9.17, 15) is 8.42 Å². The summed E-state index contributed by atoms with van der Waals surface area (Å²) in [6.07, 6.45) is 1.52. The van der Waals surface area contributed by atoms with E-state index < -0.39 is 10.0 Å². The molecular weight excluding hydrogens is 228 g/mol. The number of pyridine rings is 1. The minimum Gasteiger partial charge on any atom is -0.368 e. The molecule has 0 unspecified atom stereocenters. The normalized spacial score (nSPS) is 11.8. The topological polar surface area (TPSA) is 88.3 Å². The average Bonchev–Trinajstić information content (AvgIpc) is 2.16. The van der Waals surface area contributed by atoms with Crippen molar-refractivity contribution in [1.82, 2.24) is 9.88 Å². The number of hydrogen-bond donors (Lipinski definition) is 2. The van der Waals surface area contributed by atoms with Crippen molar-refractivity contribution in [2.75, 3.05) is 32.5 Å². The van der Waals surface area contributed by atoms with Crippen LogP contribution in [0.1, 0.15) is 0 Å². The fourth-order valence-electron chi connectivity index (χ4n) is 1.15. The Morgan fingerprint density at radius 3 is 2.75 bits per heavy atom. The second-order valence-corrected chi connectivity index (χ2v) is 5.16. The van der Waals surface area contributed by atoms with E-state index in [1.165, 1.54) is 18.3 Å². The number of rotatable bonds is 5. The summed E-state index contributed by atoms with van der Waals surface area (Å²) in [5.74, 6) is 0.298. The van der Waals surface area contributed by atoms with Gasteiger partial charge in [-0.05, 0) is 26.2 Å². The molecule has 6 nitrogen and oxygen atoms in total. The lowest BCUT2D eigenvalue weighted by atomic mass is 10.4. The summed E-state index contributed by atoms with van der Waals surface area (Å²) >= 11 is 0. The smallest absolute Gasteiger partial charge is 0.241 e. The van der Waals surface area contributed by atoms with Crippen LogP contribution in [-0.2, 0) is 10.0 Å². The van der Waals surface area contributed by atoms with Crippen LogP contribution in [0.2, 0.25) is 0 Å². The Balaban J connectivity index is 2.80. The predicted molar refractivity (Wildman–Crippen MR) is 62.7 cm³/mol. The van der Waals surface area contributed by atoms with E-state index in [1.54, 1.807) is 0 Å². The van der Waals surface area contributed by atoms with Gasteiger partial charge in [-0.25, -0.2) is 18.5 Å². The van der Waals surface area contributed by atoms with Gasteiger partial charge in [-0.1, -0.05) is 0 Å². The molecule has 1 heterocycles. The summed E-state index contributed by atoms with van der Waals surface area (Å²) in [5.41, 5.74) is 0. The van der Waals surface area contributed by atoms with Crippen molar-refractivity contribution in [2.45, 2.75) is 4.90 Å². The molecule has 0 saturated carbocycles. The van der Waals surface area contributed by atoms with Crippen molar-refractivity contribution >= 4 is 15.8 Å². The minimum absolute atomic E-state index is 0.0220. The maximum Gasteiger partial charge on any atom is 0.241 e. The van der Waals surface area contributed by atoms with Crippen molar-refractivity contribution in [2.24, 2.45) is 5.14 Å². The number of nitrogens with zero attached hydrogens (tertiary/aromatic N) is 2. The third-order valence-corrected chi connectivity index (χ3v) is 2.87. The van der Waals surface area contributed by atoms with E-state index in [2.05, 4.69) is 10.3 Å². The molecule has 7 heteroatoms. The van der Waals surface area contributed by atoms with Gasteiger partial charge >= 0.3 is 0 Å². The molecule has 16 heavy (non-hydrogen) atoms. The third-order valence-electron chi connectivity index (χ3n) is 1.93. The highest BCUT2D eigenvalue weighted by atomic mass is 32.2. The molecule has 90 valence electrons. The first-order valence-corrected chi connectivity index (χ1v) is 6.32. The Labute approximate surface area is 95.5 Å². The third kappa shape index (κ3) is 3.76. The lowest BCUT2D eigenvalue weighted by molar-refractivity contribution is 0.425. The molecule has 0 radical (unpaired) electrons. The van der Waals surface area contributed by atoms with Gasteiger partial charge in [0, 0.05) is 19.3 Å². The Bertz CT molecular complexity index is 445. The molecule has 1 rings (SSSR count). The molecule has 0 saturated heterocycles. The molecule has 0 fully saturated rings. The summed E-state index contributed by atoms with van der Waals surface area (Å²) in [6, 6.07) is 2.97. The zero-order chi connectivity index (χ0) is 12.2. The van der Waals surface area contributed by atoms with Crippen molar-refractivity contribution < 1.29 is 8.42 Å².